The zero-order valence-corrected chi connectivity index (χ0v) is 12.8. The molecule has 1 aliphatic carbocycles. The summed E-state index contributed by atoms with van der Waals surface area (Å²) >= 11 is 0. The van der Waals surface area contributed by atoms with Crippen molar-refractivity contribution in [2.24, 2.45) is 11.8 Å². The van der Waals surface area contributed by atoms with E-state index in [-0.39, 0.29) is 5.91 Å². The SMILES string of the molecule is Cc1ccc(NN)c(C(=O)N2CCCC2C2CCCC2)c1. The molecular formula is C17H25N3O. The van der Waals surface area contributed by atoms with Gasteiger partial charge >= 0.3 is 0 Å². The van der Waals surface area contributed by atoms with E-state index in [2.05, 4.69) is 10.3 Å². The molecule has 1 saturated heterocycles. The van der Waals surface area contributed by atoms with Crippen LogP contribution in [0.3, 0.4) is 0 Å². The van der Waals surface area contributed by atoms with Crippen molar-refractivity contribution < 1.29 is 4.79 Å². The lowest BCUT2D eigenvalue weighted by molar-refractivity contribution is 0.0690. The number of benzene rings is 1. The van der Waals surface area contributed by atoms with Crippen LogP contribution in [0, 0.1) is 12.8 Å². The van der Waals surface area contributed by atoms with E-state index in [9.17, 15) is 4.79 Å². The van der Waals surface area contributed by atoms with Gasteiger partial charge in [-0.05, 0) is 50.7 Å². The van der Waals surface area contributed by atoms with Crippen molar-refractivity contribution in [2.45, 2.75) is 51.5 Å². The number of anilines is 1. The van der Waals surface area contributed by atoms with E-state index in [0.717, 1.165) is 30.6 Å². The predicted molar refractivity (Wildman–Crippen MR) is 85.0 cm³/mol. The van der Waals surface area contributed by atoms with Gasteiger partial charge in [-0.1, -0.05) is 24.5 Å². The Kier molecular flexibility index (Phi) is 4.15. The van der Waals surface area contributed by atoms with Crippen LogP contribution in [0.4, 0.5) is 5.69 Å². The van der Waals surface area contributed by atoms with Crippen LogP contribution in [-0.2, 0) is 0 Å². The van der Waals surface area contributed by atoms with E-state index in [1.165, 1.54) is 25.7 Å². The molecule has 2 aliphatic rings. The summed E-state index contributed by atoms with van der Waals surface area (Å²) in [5.41, 5.74) is 5.19. The lowest BCUT2D eigenvalue weighted by Crippen LogP contribution is -2.39. The monoisotopic (exact) mass is 287 g/mol. The van der Waals surface area contributed by atoms with E-state index in [4.69, 9.17) is 5.84 Å². The minimum Gasteiger partial charge on any atom is -0.335 e. The fourth-order valence-corrected chi connectivity index (χ4v) is 3.99. The maximum absolute atomic E-state index is 13.0. The van der Waals surface area contributed by atoms with Crippen LogP contribution in [0.2, 0.25) is 0 Å². The van der Waals surface area contributed by atoms with Crippen molar-refractivity contribution >= 4 is 11.6 Å². The van der Waals surface area contributed by atoms with Crippen molar-refractivity contribution in [1.29, 1.82) is 0 Å². The number of carbonyl (C=O) groups is 1. The number of hydrazine groups is 1. The fourth-order valence-electron chi connectivity index (χ4n) is 3.99. The zero-order chi connectivity index (χ0) is 14.8. The van der Waals surface area contributed by atoms with E-state index in [0.29, 0.717) is 17.5 Å². The molecule has 1 aliphatic heterocycles. The quantitative estimate of drug-likeness (QED) is 0.663. The molecule has 1 heterocycles. The Balaban J connectivity index is 1.85. The minimum absolute atomic E-state index is 0.140. The number of amides is 1. The van der Waals surface area contributed by atoms with Gasteiger partial charge in [-0.2, -0.15) is 0 Å². The first-order chi connectivity index (χ1) is 10.2. The number of aryl methyl sites for hydroxylation is 1. The van der Waals surface area contributed by atoms with Crippen LogP contribution in [0.1, 0.15) is 54.4 Å². The molecule has 4 heteroatoms. The van der Waals surface area contributed by atoms with Gasteiger partial charge in [0.15, 0.2) is 0 Å². The summed E-state index contributed by atoms with van der Waals surface area (Å²) in [7, 11) is 0. The zero-order valence-electron chi connectivity index (χ0n) is 12.8. The van der Waals surface area contributed by atoms with Gasteiger partial charge in [0.2, 0.25) is 0 Å². The van der Waals surface area contributed by atoms with Gasteiger partial charge < -0.3 is 10.3 Å². The fraction of sp³-hybridized carbons (Fsp3) is 0.588. The molecular weight excluding hydrogens is 262 g/mol. The number of likely N-dealkylation sites (tertiary alicyclic amines) is 1. The number of nitrogen functional groups attached to an aromatic ring is 1. The Morgan fingerprint density at radius 1 is 1.24 bits per heavy atom. The Morgan fingerprint density at radius 2 is 2.00 bits per heavy atom. The maximum Gasteiger partial charge on any atom is 0.256 e. The molecule has 0 aromatic heterocycles. The third-order valence-corrected chi connectivity index (χ3v) is 5.07. The molecule has 1 aromatic carbocycles. The largest absolute Gasteiger partial charge is 0.335 e. The molecule has 1 unspecified atom stereocenters. The van der Waals surface area contributed by atoms with Gasteiger partial charge in [-0.3, -0.25) is 10.6 Å². The summed E-state index contributed by atoms with van der Waals surface area (Å²) in [5, 5.41) is 0. The molecule has 0 spiro atoms. The first-order valence-corrected chi connectivity index (χ1v) is 8.09. The number of nitrogens with zero attached hydrogens (tertiary/aromatic N) is 1. The second-order valence-corrected chi connectivity index (χ2v) is 6.45. The van der Waals surface area contributed by atoms with Crippen molar-refractivity contribution in [3.8, 4) is 0 Å². The molecule has 1 atom stereocenters. The number of nitrogens with one attached hydrogen (secondary N) is 1. The maximum atomic E-state index is 13.0. The Labute approximate surface area is 126 Å². The van der Waals surface area contributed by atoms with Crippen LogP contribution in [0.5, 0.6) is 0 Å². The van der Waals surface area contributed by atoms with Crippen LogP contribution >= 0.6 is 0 Å². The van der Waals surface area contributed by atoms with E-state index >= 15 is 0 Å². The molecule has 3 rings (SSSR count). The highest BCUT2D eigenvalue weighted by molar-refractivity contribution is 6.00. The predicted octanol–water partition coefficient (Wildman–Crippen LogP) is 3.08. The molecule has 3 N–H and O–H groups in total. The van der Waals surface area contributed by atoms with Crippen LogP contribution in [0.25, 0.3) is 0 Å². The standard InChI is InChI=1S/C17H25N3O/c1-12-8-9-15(19-18)14(11-12)17(21)20-10-4-7-16(20)13-5-2-3-6-13/h8-9,11,13,16,19H,2-7,10,18H2,1H3. The highest BCUT2D eigenvalue weighted by Crippen LogP contribution is 2.36. The van der Waals surface area contributed by atoms with Gasteiger partial charge in [-0.25, -0.2) is 0 Å². The number of hydrogen-bond donors (Lipinski definition) is 2. The summed E-state index contributed by atoms with van der Waals surface area (Å²) in [4.78, 5) is 15.1. The Bertz CT molecular complexity index is 523. The first-order valence-electron chi connectivity index (χ1n) is 8.09. The summed E-state index contributed by atoms with van der Waals surface area (Å²) in [5.74, 6) is 6.42. The summed E-state index contributed by atoms with van der Waals surface area (Å²) in [6.07, 6.45) is 7.50. The number of nitrogens with two attached hydrogens (primary N) is 1. The minimum atomic E-state index is 0.140. The van der Waals surface area contributed by atoms with Crippen molar-refractivity contribution in [3.63, 3.8) is 0 Å². The number of carbonyl (C=O) groups excluding carboxylic acids is 1. The molecule has 114 valence electrons. The van der Waals surface area contributed by atoms with E-state index in [1.807, 2.05) is 25.1 Å². The topological polar surface area (TPSA) is 58.4 Å². The van der Waals surface area contributed by atoms with Crippen LogP contribution < -0.4 is 11.3 Å². The first kappa shape index (κ1) is 14.4. The normalized spacial score (nSPS) is 22.8. The molecule has 0 bridgehead atoms. The molecule has 4 nitrogen and oxygen atoms in total. The second kappa shape index (κ2) is 6.06. The van der Waals surface area contributed by atoms with Gasteiger partial charge in [0, 0.05) is 12.6 Å². The third-order valence-electron chi connectivity index (χ3n) is 5.07. The molecule has 1 amide bonds. The van der Waals surface area contributed by atoms with Crippen LogP contribution in [-0.4, -0.2) is 23.4 Å². The van der Waals surface area contributed by atoms with Gasteiger partial charge in [0.25, 0.3) is 5.91 Å². The van der Waals surface area contributed by atoms with Gasteiger partial charge in [-0.15, -0.1) is 0 Å². The summed E-state index contributed by atoms with van der Waals surface area (Å²) < 4.78 is 0. The average Bonchev–Trinajstić information content (AvgIpc) is 3.16. The van der Waals surface area contributed by atoms with Crippen molar-refractivity contribution in [2.75, 3.05) is 12.0 Å². The average molecular weight is 287 g/mol. The summed E-state index contributed by atoms with van der Waals surface area (Å²) in [6.45, 7) is 2.90. The third kappa shape index (κ3) is 2.77. The number of rotatable bonds is 3. The van der Waals surface area contributed by atoms with E-state index in [1.54, 1.807) is 0 Å². The lowest BCUT2D eigenvalue weighted by Gasteiger charge is -2.30. The Morgan fingerprint density at radius 3 is 2.71 bits per heavy atom. The summed E-state index contributed by atoms with van der Waals surface area (Å²) in [6, 6.07) is 6.25. The molecule has 0 radical (unpaired) electrons. The molecule has 1 aromatic rings. The van der Waals surface area contributed by atoms with Gasteiger partial charge in [0.05, 0.1) is 11.3 Å². The molecule has 1 saturated carbocycles. The highest BCUT2D eigenvalue weighted by atomic mass is 16.2. The highest BCUT2D eigenvalue weighted by Gasteiger charge is 2.36. The molecule has 2 fully saturated rings. The van der Waals surface area contributed by atoms with Crippen molar-refractivity contribution in [1.82, 2.24) is 4.90 Å². The second-order valence-electron chi connectivity index (χ2n) is 6.45. The molecule has 21 heavy (non-hydrogen) atoms. The van der Waals surface area contributed by atoms with Gasteiger partial charge in [0.1, 0.15) is 0 Å². The number of hydrogen-bond acceptors (Lipinski definition) is 3. The Hall–Kier alpha value is -1.55. The smallest absolute Gasteiger partial charge is 0.256 e. The van der Waals surface area contributed by atoms with E-state index < -0.39 is 0 Å². The lowest BCUT2D eigenvalue weighted by atomic mass is 9.95. The van der Waals surface area contributed by atoms with Crippen LogP contribution in [0.15, 0.2) is 18.2 Å². The van der Waals surface area contributed by atoms with Crippen molar-refractivity contribution in [3.05, 3.63) is 29.3 Å².